The normalized spacial score (nSPS) is 20.2. The first kappa shape index (κ1) is 22.7. The highest BCUT2D eigenvalue weighted by Crippen LogP contribution is 2.21. The predicted octanol–water partition coefficient (Wildman–Crippen LogP) is 2.17. The van der Waals surface area contributed by atoms with Crippen LogP contribution in [0.4, 0.5) is 0 Å². The summed E-state index contributed by atoms with van der Waals surface area (Å²) in [6, 6.07) is 3.94. The van der Waals surface area contributed by atoms with Crippen LogP contribution in [-0.2, 0) is 20.9 Å². The molecule has 1 unspecified atom stereocenters. The van der Waals surface area contributed by atoms with Crippen LogP contribution in [0.1, 0.15) is 44.6 Å². The van der Waals surface area contributed by atoms with E-state index in [1.54, 1.807) is 12.4 Å². The molecule has 3 rings (SSSR count). The van der Waals surface area contributed by atoms with Gasteiger partial charge in [0.25, 0.3) is 0 Å². The first-order valence-corrected chi connectivity index (χ1v) is 11.4. The molecule has 3 heterocycles. The highest BCUT2D eigenvalue weighted by molar-refractivity contribution is 5.81. The molecule has 1 atom stereocenters. The quantitative estimate of drug-likeness (QED) is 0.617. The first-order valence-electron chi connectivity index (χ1n) is 11.4. The second kappa shape index (κ2) is 12.0. The summed E-state index contributed by atoms with van der Waals surface area (Å²) in [6.07, 6.45) is 7.69. The number of likely N-dealkylation sites (tertiary alicyclic amines) is 1. The minimum absolute atomic E-state index is 0.0928. The smallest absolute Gasteiger partial charge is 0.227 e. The predicted molar refractivity (Wildman–Crippen MR) is 116 cm³/mol. The molecule has 0 spiro atoms. The molecule has 2 aliphatic heterocycles. The van der Waals surface area contributed by atoms with Crippen LogP contribution < -0.4 is 0 Å². The Morgan fingerprint density at radius 1 is 1.20 bits per heavy atom. The summed E-state index contributed by atoms with van der Waals surface area (Å²) in [6.45, 7) is 9.21. The summed E-state index contributed by atoms with van der Waals surface area (Å²) in [5.74, 6) is 0.274. The monoisotopic (exact) mass is 416 g/mol. The zero-order chi connectivity index (χ0) is 21.2. The summed E-state index contributed by atoms with van der Waals surface area (Å²) in [5, 5.41) is 0. The van der Waals surface area contributed by atoms with E-state index in [-0.39, 0.29) is 17.7 Å². The lowest BCUT2D eigenvalue weighted by Gasteiger charge is -2.35. The summed E-state index contributed by atoms with van der Waals surface area (Å²) in [7, 11) is 0. The van der Waals surface area contributed by atoms with Crippen LogP contribution in [0.15, 0.2) is 24.5 Å². The van der Waals surface area contributed by atoms with Crippen molar-refractivity contribution in [1.29, 1.82) is 0 Å². The van der Waals surface area contributed by atoms with E-state index in [0.29, 0.717) is 19.5 Å². The first-order chi connectivity index (χ1) is 14.7. The highest BCUT2D eigenvalue weighted by atomic mass is 16.5. The van der Waals surface area contributed by atoms with Crippen LogP contribution in [0, 0.1) is 5.92 Å². The average molecular weight is 417 g/mol. The number of pyridine rings is 1. The second-order valence-corrected chi connectivity index (χ2v) is 8.35. The standard InChI is InChI=1S/C23H36N4O3/c1-2-5-22(28)26-12-3-6-21(19-26)23(29)27(18-20-7-9-24-10-8-20)13-4-11-25-14-16-30-17-15-25/h7-10,21H,2-6,11-19H2,1H3. The lowest BCUT2D eigenvalue weighted by Crippen LogP contribution is -2.47. The molecule has 2 fully saturated rings. The van der Waals surface area contributed by atoms with Gasteiger partial charge in [-0.1, -0.05) is 6.92 Å². The number of hydrogen-bond acceptors (Lipinski definition) is 5. The lowest BCUT2D eigenvalue weighted by molar-refractivity contribution is -0.141. The molecule has 0 radical (unpaired) electrons. The van der Waals surface area contributed by atoms with Crippen LogP contribution >= 0.6 is 0 Å². The van der Waals surface area contributed by atoms with Gasteiger partial charge in [0, 0.05) is 64.6 Å². The van der Waals surface area contributed by atoms with E-state index in [1.165, 1.54) is 0 Å². The van der Waals surface area contributed by atoms with E-state index in [1.807, 2.05) is 28.9 Å². The van der Waals surface area contributed by atoms with Crippen molar-refractivity contribution in [3.63, 3.8) is 0 Å². The third kappa shape index (κ3) is 6.77. The summed E-state index contributed by atoms with van der Waals surface area (Å²) < 4.78 is 5.43. The number of carbonyl (C=O) groups is 2. The van der Waals surface area contributed by atoms with Crippen molar-refractivity contribution in [3.8, 4) is 0 Å². The number of morpholine rings is 1. The SMILES string of the molecule is CCCC(=O)N1CCCC(C(=O)N(CCCN2CCOCC2)Cc2ccncc2)C1. The lowest BCUT2D eigenvalue weighted by atomic mass is 9.95. The number of carbonyl (C=O) groups excluding carboxylic acids is 2. The fraction of sp³-hybridized carbons (Fsp3) is 0.696. The van der Waals surface area contributed by atoms with E-state index in [4.69, 9.17) is 4.74 Å². The fourth-order valence-corrected chi connectivity index (χ4v) is 4.32. The molecule has 0 aromatic carbocycles. The zero-order valence-electron chi connectivity index (χ0n) is 18.3. The highest BCUT2D eigenvalue weighted by Gasteiger charge is 2.31. The van der Waals surface area contributed by atoms with Gasteiger partial charge in [0.2, 0.25) is 11.8 Å². The molecular weight excluding hydrogens is 380 g/mol. The zero-order valence-corrected chi connectivity index (χ0v) is 18.3. The Hall–Kier alpha value is -1.99. The Morgan fingerprint density at radius 3 is 2.70 bits per heavy atom. The number of nitrogens with zero attached hydrogens (tertiary/aromatic N) is 4. The van der Waals surface area contributed by atoms with Gasteiger partial charge in [-0.25, -0.2) is 0 Å². The van der Waals surface area contributed by atoms with Gasteiger partial charge in [0.05, 0.1) is 19.1 Å². The van der Waals surface area contributed by atoms with Crippen molar-refractivity contribution in [1.82, 2.24) is 19.7 Å². The van der Waals surface area contributed by atoms with E-state index in [0.717, 1.165) is 77.2 Å². The fourth-order valence-electron chi connectivity index (χ4n) is 4.32. The minimum atomic E-state index is -0.0928. The van der Waals surface area contributed by atoms with Gasteiger partial charge in [-0.3, -0.25) is 19.5 Å². The molecule has 7 heteroatoms. The van der Waals surface area contributed by atoms with Gasteiger partial charge < -0.3 is 14.5 Å². The molecular formula is C23H36N4O3. The second-order valence-electron chi connectivity index (χ2n) is 8.35. The van der Waals surface area contributed by atoms with Gasteiger partial charge in [-0.2, -0.15) is 0 Å². The number of aromatic nitrogens is 1. The van der Waals surface area contributed by atoms with Crippen LogP contribution in [0.3, 0.4) is 0 Å². The molecule has 1 aromatic rings. The summed E-state index contributed by atoms with van der Waals surface area (Å²) >= 11 is 0. The van der Waals surface area contributed by atoms with E-state index < -0.39 is 0 Å². The minimum Gasteiger partial charge on any atom is -0.379 e. The maximum absolute atomic E-state index is 13.4. The number of amides is 2. The third-order valence-electron chi connectivity index (χ3n) is 6.03. The van der Waals surface area contributed by atoms with Gasteiger partial charge in [0.1, 0.15) is 0 Å². The third-order valence-corrected chi connectivity index (χ3v) is 6.03. The molecule has 0 aliphatic carbocycles. The number of ether oxygens (including phenoxy) is 1. The van der Waals surface area contributed by atoms with Gasteiger partial charge in [-0.05, 0) is 43.4 Å². The molecule has 0 bridgehead atoms. The van der Waals surface area contributed by atoms with Crippen molar-refractivity contribution in [2.75, 3.05) is 52.5 Å². The Kier molecular flexibility index (Phi) is 9.08. The molecule has 2 aliphatic rings. The van der Waals surface area contributed by atoms with Gasteiger partial charge in [-0.15, -0.1) is 0 Å². The Bertz CT molecular complexity index is 664. The van der Waals surface area contributed by atoms with Crippen LogP contribution in [0.2, 0.25) is 0 Å². The van der Waals surface area contributed by atoms with Gasteiger partial charge >= 0.3 is 0 Å². The van der Waals surface area contributed by atoms with Crippen LogP contribution in [0.5, 0.6) is 0 Å². The molecule has 1 aromatic heterocycles. The molecule has 2 saturated heterocycles. The molecule has 166 valence electrons. The van der Waals surface area contributed by atoms with Crippen molar-refractivity contribution in [2.45, 2.75) is 45.6 Å². The Balaban J connectivity index is 1.60. The average Bonchev–Trinajstić information content (AvgIpc) is 2.79. The van der Waals surface area contributed by atoms with Crippen molar-refractivity contribution >= 4 is 11.8 Å². The maximum atomic E-state index is 13.4. The Morgan fingerprint density at radius 2 is 1.97 bits per heavy atom. The van der Waals surface area contributed by atoms with E-state index >= 15 is 0 Å². The molecule has 0 N–H and O–H groups in total. The van der Waals surface area contributed by atoms with Crippen molar-refractivity contribution < 1.29 is 14.3 Å². The van der Waals surface area contributed by atoms with Crippen molar-refractivity contribution in [2.24, 2.45) is 5.92 Å². The van der Waals surface area contributed by atoms with Crippen LogP contribution in [-0.4, -0.2) is 84.0 Å². The number of rotatable bonds is 9. The largest absolute Gasteiger partial charge is 0.379 e. The summed E-state index contributed by atoms with van der Waals surface area (Å²) in [4.78, 5) is 36.2. The maximum Gasteiger partial charge on any atom is 0.227 e. The van der Waals surface area contributed by atoms with Crippen LogP contribution in [0.25, 0.3) is 0 Å². The molecule has 7 nitrogen and oxygen atoms in total. The number of piperidine rings is 1. The summed E-state index contributed by atoms with van der Waals surface area (Å²) in [5.41, 5.74) is 1.10. The van der Waals surface area contributed by atoms with E-state index in [9.17, 15) is 9.59 Å². The molecule has 2 amide bonds. The molecule has 0 saturated carbocycles. The molecule has 30 heavy (non-hydrogen) atoms. The van der Waals surface area contributed by atoms with E-state index in [2.05, 4.69) is 9.88 Å². The number of hydrogen-bond donors (Lipinski definition) is 0. The van der Waals surface area contributed by atoms with Gasteiger partial charge in [0.15, 0.2) is 0 Å². The Labute approximate surface area is 180 Å². The topological polar surface area (TPSA) is 66.0 Å². The van der Waals surface area contributed by atoms with Crippen molar-refractivity contribution in [3.05, 3.63) is 30.1 Å².